The lowest BCUT2D eigenvalue weighted by Crippen LogP contribution is -2.54. The molecular weight excluding hydrogens is 558 g/mol. The number of hydrogen-bond acceptors (Lipinski definition) is 5. The number of likely N-dealkylation sites (tertiary alicyclic amines) is 1. The van der Waals surface area contributed by atoms with Crippen molar-refractivity contribution in [3.8, 4) is 5.75 Å². The van der Waals surface area contributed by atoms with Gasteiger partial charge in [-0.15, -0.1) is 0 Å². The smallest absolute Gasteiger partial charge is 0.319 e. The maximum absolute atomic E-state index is 13.8. The number of aryl methyl sites for hydroxylation is 1. The summed E-state index contributed by atoms with van der Waals surface area (Å²) in [5.74, 6) is -5.10. The minimum Gasteiger partial charge on any atom is -0.503 e. The summed E-state index contributed by atoms with van der Waals surface area (Å²) in [5, 5.41) is 15.3. The number of piperidine rings is 1. The van der Waals surface area contributed by atoms with Crippen LogP contribution in [0.3, 0.4) is 0 Å². The van der Waals surface area contributed by atoms with Gasteiger partial charge in [0, 0.05) is 35.8 Å². The zero-order valence-corrected chi connectivity index (χ0v) is 22.6. The van der Waals surface area contributed by atoms with E-state index < -0.39 is 47.8 Å². The molecule has 5 amide bonds. The number of aromatic hydroxyl groups is 1. The van der Waals surface area contributed by atoms with E-state index >= 15 is 0 Å². The van der Waals surface area contributed by atoms with Gasteiger partial charge in [-0.1, -0.05) is 29.8 Å². The second-order valence-corrected chi connectivity index (χ2v) is 10.4. The fourth-order valence-corrected chi connectivity index (χ4v) is 5.14. The summed E-state index contributed by atoms with van der Waals surface area (Å²) in [6.45, 7) is 1.76. The van der Waals surface area contributed by atoms with E-state index in [9.17, 15) is 33.1 Å². The first-order valence-electron chi connectivity index (χ1n) is 12.8. The van der Waals surface area contributed by atoms with Crippen molar-refractivity contribution >= 4 is 41.0 Å². The van der Waals surface area contributed by atoms with E-state index in [0.29, 0.717) is 21.8 Å². The maximum atomic E-state index is 13.8. The van der Waals surface area contributed by atoms with Gasteiger partial charge in [0.15, 0.2) is 17.4 Å². The molecule has 2 aliphatic heterocycles. The van der Waals surface area contributed by atoms with Crippen molar-refractivity contribution in [1.82, 2.24) is 15.1 Å². The molecule has 0 aliphatic carbocycles. The third-order valence-corrected chi connectivity index (χ3v) is 7.57. The summed E-state index contributed by atoms with van der Waals surface area (Å²) in [5.41, 5.74) is 3.22. The normalized spacial score (nSPS) is 16.7. The molecule has 1 fully saturated rings. The van der Waals surface area contributed by atoms with E-state index in [1.54, 1.807) is 36.4 Å². The third kappa shape index (κ3) is 5.71. The van der Waals surface area contributed by atoms with Crippen LogP contribution in [0, 0.1) is 18.6 Å². The predicted octanol–water partition coefficient (Wildman–Crippen LogP) is 4.63. The average Bonchev–Trinajstić information content (AvgIpc) is 3.25. The van der Waals surface area contributed by atoms with Crippen LogP contribution in [-0.2, 0) is 29.2 Å². The lowest BCUT2D eigenvalue weighted by Gasteiger charge is -2.35. The molecule has 0 aromatic heterocycles. The molecule has 41 heavy (non-hydrogen) atoms. The highest BCUT2D eigenvalue weighted by molar-refractivity contribution is 6.31. The molecule has 3 aromatic carbocycles. The van der Waals surface area contributed by atoms with Crippen LogP contribution in [0.1, 0.15) is 45.5 Å². The van der Waals surface area contributed by atoms with Gasteiger partial charge < -0.3 is 20.6 Å². The van der Waals surface area contributed by atoms with Crippen molar-refractivity contribution in [1.29, 1.82) is 0 Å². The third-order valence-electron chi connectivity index (χ3n) is 7.16. The molecule has 0 saturated carbocycles. The first-order chi connectivity index (χ1) is 19.5. The molecule has 1 atom stereocenters. The second kappa shape index (κ2) is 11.2. The van der Waals surface area contributed by atoms with E-state index in [0.717, 1.165) is 28.2 Å². The molecule has 3 N–H and O–H groups in total. The fourth-order valence-electron chi connectivity index (χ4n) is 4.96. The molecule has 0 bridgehead atoms. The van der Waals surface area contributed by atoms with Crippen LogP contribution >= 0.6 is 11.6 Å². The van der Waals surface area contributed by atoms with Crippen molar-refractivity contribution in [3.63, 3.8) is 0 Å². The van der Waals surface area contributed by atoms with Crippen LogP contribution in [0.5, 0.6) is 5.75 Å². The largest absolute Gasteiger partial charge is 0.503 e. The van der Waals surface area contributed by atoms with E-state index in [1.165, 1.54) is 4.90 Å². The van der Waals surface area contributed by atoms with E-state index in [-0.39, 0.29) is 37.4 Å². The molecule has 1 saturated heterocycles. The number of amides is 5. The topological polar surface area (TPSA) is 119 Å². The minimum atomic E-state index is -1.21. The number of phenolic OH excluding ortho intramolecular Hbond substituents is 1. The molecule has 0 radical (unpaired) electrons. The number of phenols is 1. The van der Waals surface area contributed by atoms with Crippen LogP contribution in [-0.4, -0.2) is 44.7 Å². The number of nitrogens with zero attached hydrogens (tertiary/aromatic N) is 2. The molecule has 1 unspecified atom stereocenters. The van der Waals surface area contributed by atoms with Gasteiger partial charge in [-0.25, -0.2) is 13.6 Å². The quantitative estimate of drug-likeness (QED) is 0.366. The average molecular weight is 583 g/mol. The van der Waals surface area contributed by atoms with Crippen molar-refractivity contribution < 1.29 is 33.1 Å². The number of fused-ring (bicyclic) bond motifs is 1. The van der Waals surface area contributed by atoms with Crippen molar-refractivity contribution in [2.75, 3.05) is 5.32 Å². The summed E-state index contributed by atoms with van der Waals surface area (Å²) in [7, 11) is 0. The highest BCUT2D eigenvalue weighted by atomic mass is 35.5. The van der Waals surface area contributed by atoms with Gasteiger partial charge in [-0.3, -0.25) is 19.3 Å². The van der Waals surface area contributed by atoms with Crippen molar-refractivity contribution in [3.05, 3.63) is 93.0 Å². The summed E-state index contributed by atoms with van der Waals surface area (Å²) < 4.78 is 27.6. The Labute approximate surface area is 238 Å². The standard InChI is InChI=1S/C29H25ClF2N4O5/c1-15-2-4-19(11-21(15)30)34-29(41)33-12-16-3-5-20-18(8-16)14-35(27(20)39)24-6-7-25(37)36(28(24)40)13-17-9-22(31)26(38)23(32)10-17/h2-5,8-11,24,38H,6-7,12-14H2,1H3,(H2,33,34,41). The Bertz CT molecular complexity index is 1570. The number of carbonyl (C=O) groups excluding carboxylic acids is 4. The van der Waals surface area contributed by atoms with E-state index in [2.05, 4.69) is 10.6 Å². The molecule has 9 nitrogen and oxygen atoms in total. The minimum absolute atomic E-state index is 0.0113. The number of rotatable bonds is 6. The highest BCUT2D eigenvalue weighted by Gasteiger charge is 2.42. The molecule has 12 heteroatoms. The monoisotopic (exact) mass is 582 g/mol. The molecule has 3 aromatic rings. The number of carbonyl (C=O) groups is 4. The number of imide groups is 1. The van der Waals surface area contributed by atoms with Gasteiger partial charge in [0.25, 0.3) is 11.8 Å². The van der Waals surface area contributed by atoms with Gasteiger partial charge in [-0.2, -0.15) is 0 Å². The molecule has 5 rings (SSSR count). The van der Waals surface area contributed by atoms with E-state index in [4.69, 9.17) is 11.6 Å². The van der Waals surface area contributed by atoms with Gasteiger partial charge in [0.1, 0.15) is 6.04 Å². The molecular formula is C29H25ClF2N4O5. The zero-order chi connectivity index (χ0) is 29.4. The predicted molar refractivity (Wildman–Crippen MR) is 145 cm³/mol. The number of hydrogen-bond donors (Lipinski definition) is 3. The number of urea groups is 1. The first kappa shape index (κ1) is 28.0. The summed E-state index contributed by atoms with van der Waals surface area (Å²) >= 11 is 6.10. The van der Waals surface area contributed by atoms with Gasteiger partial charge in [0.05, 0.1) is 6.54 Å². The maximum Gasteiger partial charge on any atom is 0.319 e. The number of nitrogens with one attached hydrogen (secondary N) is 2. The van der Waals surface area contributed by atoms with Crippen LogP contribution in [0.15, 0.2) is 48.5 Å². The Kier molecular flexibility index (Phi) is 7.63. The highest BCUT2D eigenvalue weighted by Crippen LogP contribution is 2.31. The summed E-state index contributed by atoms with van der Waals surface area (Å²) in [6.07, 6.45) is 0.0832. The van der Waals surface area contributed by atoms with Crippen molar-refractivity contribution in [2.24, 2.45) is 0 Å². The zero-order valence-electron chi connectivity index (χ0n) is 21.8. The molecule has 212 valence electrons. The first-order valence-corrected chi connectivity index (χ1v) is 13.1. The fraction of sp³-hybridized carbons (Fsp3) is 0.241. The van der Waals surface area contributed by atoms with Crippen LogP contribution in [0.2, 0.25) is 5.02 Å². The number of anilines is 1. The Hall–Kier alpha value is -4.51. The van der Waals surface area contributed by atoms with Gasteiger partial charge in [-0.05, 0) is 65.9 Å². The molecule has 0 spiro atoms. The second-order valence-electron chi connectivity index (χ2n) is 9.98. The molecule has 2 aliphatic rings. The Morgan fingerprint density at radius 2 is 1.78 bits per heavy atom. The summed E-state index contributed by atoms with van der Waals surface area (Å²) in [6, 6.07) is 10.6. The van der Waals surface area contributed by atoms with Crippen LogP contribution < -0.4 is 10.6 Å². The Morgan fingerprint density at radius 1 is 1.05 bits per heavy atom. The Balaban J connectivity index is 1.24. The van der Waals surface area contributed by atoms with Crippen molar-refractivity contribution in [2.45, 2.75) is 45.4 Å². The lowest BCUT2D eigenvalue weighted by atomic mass is 10.0. The number of benzene rings is 3. The summed E-state index contributed by atoms with van der Waals surface area (Å²) in [4.78, 5) is 53.7. The van der Waals surface area contributed by atoms with Gasteiger partial charge >= 0.3 is 6.03 Å². The van der Waals surface area contributed by atoms with Gasteiger partial charge in [0.2, 0.25) is 5.91 Å². The van der Waals surface area contributed by atoms with E-state index in [1.807, 2.05) is 6.92 Å². The van der Waals surface area contributed by atoms with Crippen LogP contribution in [0.25, 0.3) is 0 Å². The molecule has 2 heterocycles. The SMILES string of the molecule is Cc1ccc(NC(=O)NCc2ccc3c(c2)CN(C2CCC(=O)N(Cc4cc(F)c(O)c(F)c4)C2=O)C3=O)cc1Cl. The number of halogens is 3. The van der Waals surface area contributed by atoms with Crippen LogP contribution in [0.4, 0.5) is 19.3 Å². The Morgan fingerprint density at radius 3 is 2.49 bits per heavy atom. The lowest BCUT2D eigenvalue weighted by molar-refractivity contribution is -0.153.